The highest BCUT2D eigenvalue weighted by Gasteiger charge is 2.26. The maximum absolute atomic E-state index is 12.2. The second-order valence-electron chi connectivity index (χ2n) is 4.38. The molecule has 0 fully saturated rings. The lowest BCUT2D eigenvalue weighted by Crippen LogP contribution is -2.50. The number of nitrogens with zero attached hydrogens (tertiary/aromatic N) is 3. The molecule has 0 spiro atoms. The molecule has 0 radical (unpaired) electrons. The lowest BCUT2D eigenvalue weighted by Gasteiger charge is -2.33. The molecule has 6 heteroatoms. The van der Waals surface area contributed by atoms with Crippen LogP contribution in [-0.4, -0.2) is 52.6 Å². The number of carboxylic acids is 1. The average Bonchev–Trinajstić information content (AvgIpc) is 2.33. The van der Waals surface area contributed by atoms with Gasteiger partial charge in [0.2, 0.25) is 0 Å². The van der Waals surface area contributed by atoms with E-state index in [2.05, 4.69) is 0 Å². The Morgan fingerprint density at radius 3 is 2.28 bits per heavy atom. The van der Waals surface area contributed by atoms with Gasteiger partial charge in [-0.2, -0.15) is 5.26 Å². The number of urea groups is 1. The minimum absolute atomic E-state index is 0.148. The number of hydrogen-bond acceptors (Lipinski definition) is 3. The van der Waals surface area contributed by atoms with Gasteiger partial charge in [0.25, 0.3) is 0 Å². The van der Waals surface area contributed by atoms with Crippen molar-refractivity contribution >= 4 is 12.0 Å². The number of carbonyl (C=O) groups excluding carboxylic acids is 1. The lowest BCUT2D eigenvalue weighted by atomic mass is 10.2. The fourth-order valence-corrected chi connectivity index (χ4v) is 1.44. The van der Waals surface area contributed by atoms with Crippen LogP contribution in [0.1, 0.15) is 33.6 Å². The summed E-state index contributed by atoms with van der Waals surface area (Å²) in [5.41, 5.74) is 0. The highest BCUT2D eigenvalue weighted by molar-refractivity contribution is 5.80. The van der Waals surface area contributed by atoms with Gasteiger partial charge in [0, 0.05) is 19.1 Å². The summed E-state index contributed by atoms with van der Waals surface area (Å²) in [5.74, 6) is -1.04. The van der Waals surface area contributed by atoms with Crippen LogP contribution >= 0.6 is 0 Å². The van der Waals surface area contributed by atoms with Gasteiger partial charge >= 0.3 is 12.0 Å². The summed E-state index contributed by atoms with van der Waals surface area (Å²) in [6.45, 7) is 5.14. The first-order valence-electron chi connectivity index (χ1n) is 5.97. The summed E-state index contributed by atoms with van der Waals surface area (Å²) in [6, 6.07) is 1.26. The first-order chi connectivity index (χ1) is 8.34. The van der Waals surface area contributed by atoms with Crippen LogP contribution in [0.2, 0.25) is 0 Å². The third-order valence-corrected chi connectivity index (χ3v) is 3.02. The van der Waals surface area contributed by atoms with Crippen molar-refractivity contribution in [2.75, 3.05) is 13.6 Å². The van der Waals surface area contributed by atoms with Crippen LogP contribution < -0.4 is 0 Å². The second-order valence-corrected chi connectivity index (χ2v) is 4.38. The number of amides is 2. The van der Waals surface area contributed by atoms with E-state index in [4.69, 9.17) is 10.4 Å². The van der Waals surface area contributed by atoms with Crippen molar-refractivity contribution < 1.29 is 14.7 Å². The molecule has 2 amide bonds. The van der Waals surface area contributed by atoms with E-state index in [1.807, 2.05) is 19.9 Å². The van der Waals surface area contributed by atoms with Crippen molar-refractivity contribution in [3.05, 3.63) is 0 Å². The molecule has 0 aliphatic heterocycles. The molecule has 0 aliphatic carbocycles. The largest absolute Gasteiger partial charge is 0.480 e. The van der Waals surface area contributed by atoms with Crippen molar-refractivity contribution in [2.24, 2.45) is 0 Å². The fourth-order valence-electron chi connectivity index (χ4n) is 1.44. The summed E-state index contributed by atoms with van der Waals surface area (Å²) < 4.78 is 0. The van der Waals surface area contributed by atoms with E-state index >= 15 is 0 Å². The third-order valence-electron chi connectivity index (χ3n) is 3.02. The molecule has 2 atom stereocenters. The normalized spacial score (nSPS) is 13.3. The number of nitriles is 1. The SMILES string of the molecule is CCC(C)N(CC(=O)O)C(=O)N(C)C(C)CC#N. The Bertz CT molecular complexity index is 338. The molecule has 0 aromatic heterocycles. The van der Waals surface area contributed by atoms with Crippen LogP contribution in [0.25, 0.3) is 0 Å². The molecule has 0 rings (SSSR count). The number of aliphatic carboxylic acids is 1. The van der Waals surface area contributed by atoms with Gasteiger partial charge in [0.05, 0.1) is 12.5 Å². The van der Waals surface area contributed by atoms with E-state index in [9.17, 15) is 9.59 Å². The molecule has 0 saturated heterocycles. The van der Waals surface area contributed by atoms with E-state index in [1.165, 1.54) is 9.80 Å². The average molecular weight is 255 g/mol. The van der Waals surface area contributed by atoms with E-state index < -0.39 is 5.97 Å². The molecule has 102 valence electrons. The number of carbonyl (C=O) groups is 2. The van der Waals surface area contributed by atoms with Crippen LogP contribution in [0.3, 0.4) is 0 Å². The van der Waals surface area contributed by atoms with Gasteiger partial charge in [-0.3, -0.25) is 4.79 Å². The third kappa shape index (κ3) is 4.62. The summed E-state index contributed by atoms with van der Waals surface area (Å²) in [6.07, 6.45) is 0.906. The van der Waals surface area contributed by atoms with E-state index in [0.717, 1.165) is 0 Å². The monoisotopic (exact) mass is 255 g/mol. The number of hydrogen-bond donors (Lipinski definition) is 1. The summed E-state index contributed by atoms with van der Waals surface area (Å²) in [5, 5.41) is 17.4. The van der Waals surface area contributed by atoms with E-state index in [1.54, 1.807) is 14.0 Å². The van der Waals surface area contributed by atoms with Crippen LogP contribution in [-0.2, 0) is 4.79 Å². The van der Waals surface area contributed by atoms with Crippen molar-refractivity contribution in [3.63, 3.8) is 0 Å². The number of carboxylic acid groups (broad SMARTS) is 1. The van der Waals surface area contributed by atoms with Crippen molar-refractivity contribution in [1.29, 1.82) is 5.26 Å². The zero-order valence-electron chi connectivity index (χ0n) is 11.4. The van der Waals surface area contributed by atoms with Crippen molar-refractivity contribution in [1.82, 2.24) is 9.80 Å². The van der Waals surface area contributed by atoms with Crippen LogP contribution in [0.4, 0.5) is 4.79 Å². The molecule has 0 heterocycles. The van der Waals surface area contributed by atoms with E-state index in [-0.39, 0.29) is 31.1 Å². The molecule has 0 aromatic carbocycles. The molecule has 0 aliphatic rings. The maximum atomic E-state index is 12.2. The Morgan fingerprint density at radius 1 is 1.33 bits per heavy atom. The first kappa shape index (κ1) is 16.2. The van der Waals surface area contributed by atoms with Gasteiger partial charge in [-0.05, 0) is 20.3 Å². The Morgan fingerprint density at radius 2 is 1.89 bits per heavy atom. The van der Waals surface area contributed by atoms with Gasteiger partial charge in [-0.1, -0.05) is 6.92 Å². The molecule has 0 saturated carbocycles. The molecule has 6 nitrogen and oxygen atoms in total. The Labute approximate surface area is 108 Å². The molecular weight excluding hydrogens is 234 g/mol. The predicted octanol–water partition coefficient (Wildman–Crippen LogP) is 1.53. The first-order valence-corrected chi connectivity index (χ1v) is 5.97. The zero-order chi connectivity index (χ0) is 14.3. The molecule has 1 N–H and O–H groups in total. The maximum Gasteiger partial charge on any atom is 0.323 e. The molecule has 2 unspecified atom stereocenters. The fraction of sp³-hybridized carbons (Fsp3) is 0.750. The lowest BCUT2D eigenvalue weighted by molar-refractivity contribution is -0.138. The Kier molecular flexibility index (Phi) is 6.79. The predicted molar refractivity (Wildman–Crippen MR) is 66.9 cm³/mol. The second kappa shape index (κ2) is 7.54. The minimum Gasteiger partial charge on any atom is -0.480 e. The topological polar surface area (TPSA) is 84.6 Å². The highest BCUT2D eigenvalue weighted by atomic mass is 16.4. The van der Waals surface area contributed by atoms with Gasteiger partial charge in [0.15, 0.2) is 0 Å². The summed E-state index contributed by atoms with van der Waals surface area (Å²) in [4.78, 5) is 25.7. The van der Waals surface area contributed by atoms with Crippen LogP contribution in [0, 0.1) is 11.3 Å². The van der Waals surface area contributed by atoms with Gasteiger partial charge in [-0.15, -0.1) is 0 Å². The van der Waals surface area contributed by atoms with Crippen molar-refractivity contribution in [3.8, 4) is 6.07 Å². The van der Waals surface area contributed by atoms with Crippen molar-refractivity contribution in [2.45, 2.75) is 45.7 Å². The summed E-state index contributed by atoms with van der Waals surface area (Å²) >= 11 is 0. The van der Waals surface area contributed by atoms with Gasteiger partial charge in [-0.25, -0.2) is 4.79 Å². The molecule has 0 aromatic rings. The highest BCUT2D eigenvalue weighted by Crippen LogP contribution is 2.10. The smallest absolute Gasteiger partial charge is 0.323 e. The molecular formula is C12H21N3O3. The minimum atomic E-state index is -1.04. The van der Waals surface area contributed by atoms with Crippen LogP contribution in [0.5, 0.6) is 0 Å². The molecule has 18 heavy (non-hydrogen) atoms. The zero-order valence-corrected chi connectivity index (χ0v) is 11.4. The molecule has 0 bridgehead atoms. The van der Waals surface area contributed by atoms with E-state index in [0.29, 0.717) is 6.42 Å². The quantitative estimate of drug-likeness (QED) is 0.780. The number of rotatable bonds is 6. The Hall–Kier alpha value is -1.77. The van der Waals surface area contributed by atoms with Crippen LogP contribution in [0.15, 0.2) is 0 Å². The van der Waals surface area contributed by atoms with Gasteiger partial charge < -0.3 is 14.9 Å². The standard InChI is InChI=1S/C12H21N3O3/c1-5-9(2)15(8-11(16)17)12(18)14(4)10(3)6-7-13/h9-10H,5-6,8H2,1-4H3,(H,16,17). The summed E-state index contributed by atoms with van der Waals surface area (Å²) in [7, 11) is 1.58. The van der Waals surface area contributed by atoms with Gasteiger partial charge in [0.1, 0.15) is 6.54 Å². The Balaban J connectivity index is 4.84.